The first kappa shape index (κ1) is 13.3. The predicted octanol–water partition coefficient (Wildman–Crippen LogP) is 2.83. The topological polar surface area (TPSA) is 60.8 Å². The van der Waals surface area contributed by atoms with Crippen molar-refractivity contribution in [1.82, 2.24) is 4.98 Å². The summed E-state index contributed by atoms with van der Waals surface area (Å²) in [5.74, 6) is 1.53. The quantitative estimate of drug-likeness (QED) is 0.865. The molecule has 2 aromatic rings. The number of aliphatic imine (C=N–C) groups is 1. The van der Waals surface area contributed by atoms with Crippen molar-refractivity contribution >= 4 is 17.2 Å². The van der Waals surface area contributed by atoms with Crippen LogP contribution in [-0.2, 0) is 0 Å². The number of aromatic nitrogens is 1. The summed E-state index contributed by atoms with van der Waals surface area (Å²) in [6.07, 6.45) is 3.48. The molecule has 1 aliphatic rings. The third-order valence-electron chi connectivity index (χ3n) is 3.21. The molecule has 0 spiro atoms. The maximum Gasteiger partial charge on any atom is 0.170 e. The highest BCUT2D eigenvalue weighted by molar-refractivity contribution is 6.16. The number of pyridine rings is 1. The zero-order chi connectivity index (χ0) is 14.7. The van der Waals surface area contributed by atoms with E-state index in [2.05, 4.69) is 9.98 Å². The largest absolute Gasteiger partial charge is 0.497 e. The number of fused-ring (bicyclic) bond motifs is 1. The second-order valence-electron chi connectivity index (χ2n) is 4.64. The van der Waals surface area contributed by atoms with Crippen molar-refractivity contribution in [1.29, 1.82) is 0 Å². The monoisotopic (exact) mass is 282 g/mol. The Bertz CT molecular complexity index is 693. The average molecular weight is 282 g/mol. The fraction of sp³-hybridized carbons (Fsp3) is 0.188. The lowest BCUT2D eigenvalue weighted by Crippen LogP contribution is -2.19. The lowest BCUT2D eigenvalue weighted by Gasteiger charge is -2.14. The number of hydrogen-bond acceptors (Lipinski definition) is 5. The molecule has 0 aliphatic carbocycles. The predicted molar refractivity (Wildman–Crippen MR) is 78.8 cm³/mol. The van der Waals surface area contributed by atoms with E-state index >= 15 is 0 Å². The molecule has 0 saturated carbocycles. The summed E-state index contributed by atoms with van der Waals surface area (Å²) in [5, 5.41) is 0. The highest BCUT2D eigenvalue weighted by atomic mass is 16.5. The third kappa shape index (κ3) is 2.91. The molecule has 0 bridgehead atoms. The van der Waals surface area contributed by atoms with Gasteiger partial charge in [-0.25, -0.2) is 0 Å². The van der Waals surface area contributed by atoms with Crippen LogP contribution in [0, 0.1) is 0 Å². The van der Waals surface area contributed by atoms with Crippen LogP contribution in [0.2, 0.25) is 0 Å². The lowest BCUT2D eigenvalue weighted by molar-refractivity contribution is 0.0998. The summed E-state index contributed by atoms with van der Waals surface area (Å²) in [6.45, 7) is 0.284. The van der Waals surface area contributed by atoms with Gasteiger partial charge in [0.2, 0.25) is 0 Å². The van der Waals surface area contributed by atoms with Gasteiger partial charge in [0.25, 0.3) is 0 Å². The molecule has 1 aromatic carbocycles. The Kier molecular flexibility index (Phi) is 3.64. The molecular weight excluding hydrogens is 268 g/mol. The number of methoxy groups -OCH3 is 1. The molecule has 0 unspecified atom stereocenters. The van der Waals surface area contributed by atoms with Gasteiger partial charge in [-0.2, -0.15) is 0 Å². The highest BCUT2D eigenvalue weighted by Crippen LogP contribution is 2.25. The lowest BCUT2D eigenvalue weighted by atomic mass is 10.0. The van der Waals surface area contributed by atoms with Crippen molar-refractivity contribution in [2.45, 2.75) is 6.42 Å². The van der Waals surface area contributed by atoms with E-state index < -0.39 is 0 Å². The molecule has 21 heavy (non-hydrogen) atoms. The van der Waals surface area contributed by atoms with Gasteiger partial charge in [0, 0.05) is 11.8 Å². The zero-order valence-corrected chi connectivity index (χ0v) is 11.6. The van der Waals surface area contributed by atoms with Crippen LogP contribution in [0.4, 0.5) is 5.69 Å². The number of carbonyl (C=O) groups is 1. The number of hydrogen-bond donors (Lipinski definition) is 0. The number of nitrogens with zero attached hydrogens (tertiary/aromatic N) is 2. The Labute approximate surface area is 122 Å². The summed E-state index contributed by atoms with van der Waals surface area (Å²) >= 11 is 0. The van der Waals surface area contributed by atoms with Crippen LogP contribution in [0.15, 0.2) is 47.7 Å². The van der Waals surface area contributed by atoms with E-state index in [0.717, 1.165) is 5.75 Å². The standard InChI is InChI=1S/C16H14N2O3/c1-20-12-2-4-13(5-3-12)21-10-11-8-16(19)14-6-7-17-9-15(14)18-11/h2-7,9H,8,10H2,1H3. The van der Waals surface area contributed by atoms with E-state index in [9.17, 15) is 4.79 Å². The summed E-state index contributed by atoms with van der Waals surface area (Å²) in [5.41, 5.74) is 1.94. The molecular formula is C16H14N2O3. The molecule has 1 aliphatic heterocycles. The van der Waals surface area contributed by atoms with Gasteiger partial charge in [-0.3, -0.25) is 14.8 Å². The molecule has 0 radical (unpaired) electrons. The molecule has 3 rings (SSSR count). The molecule has 5 nitrogen and oxygen atoms in total. The first-order valence-corrected chi connectivity index (χ1v) is 6.57. The van der Waals surface area contributed by atoms with Crippen LogP contribution in [-0.4, -0.2) is 30.2 Å². The minimum atomic E-state index is 0.0516. The van der Waals surface area contributed by atoms with Crippen molar-refractivity contribution in [3.8, 4) is 11.5 Å². The van der Waals surface area contributed by atoms with Crippen LogP contribution in [0.1, 0.15) is 16.8 Å². The minimum Gasteiger partial charge on any atom is -0.497 e. The van der Waals surface area contributed by atoms with Gasteiger partial charge >= 0.3 is 0 Å². The Balaban J connectivity index is 1.71. The average Bonchev–Trinajstić information content (AvgIpc) is 2.53. The zero-order valence-electron chi connectivity index (χ0n) is 11.6. The molecule has 0 N–H and O–H groups in total. The van der Waals surface area contributed by atoms with E-state index in [-0.39, 0.29) is 18.8 Å². The fourth-order valence-corrected chi connectivity index (χ4v) is 2.12. The minimum absolute atomic E-state index is 0.0516. The molecule has 1 aromatic heterocycles. The maximum absolute atomic E-state index is 12.0. The van der Waals surface area contributed by atoms with Crippen molar-refractivity contribution in [2.75, 3.05) is 13.7 Å². The maximum atomic E-state index is 12.0. The van der Waals surface area contributed by atoms with Gasteiger partial charge in [-0.1, -0.05) is 0 Å². The molecule has 0 atom stereocenters. The van der Waals surface area contributed by atoms with Crippen LogP contribution < -0.4 is 9.47 Å². The van der Waals surface area contributed by atoms with Crippen molar-refractivity contribution in [3.05, 3.63) is 48.3 Å². The number of benzene rings is 1. The molecule has 0 amide bonds. The smallest absolute Gasteiger partial charge is 0.170 e. The summed E-state index contributed by atoms with van der Waals surface area (Å²) in [6, 6.07) is 8.98. The number of ether oxygens (including phenoxy) is 2. The SMILES string of the molecule is COc1ccc(OCC2=Nc3cnccc3C(=O)C2)cc1. The number of carbonyl (C=O) groups excluding carboxylic acids is 1. The van der Waals surface area contributed by atoms with Gasteiger partial charge in [0.05, 0.1) is 31.1 Å². The highest BCUT2D eigenvalue weighted by Gasteiger charge is 2.20. The third-order valence-corrected chi connectivity index (χ3v) is 3.21. The molecule has 5 heteroatoms. The number of Topliss-reactive ketones (excluding diaryl/α,β-unsaturated/α-hetero) is 1. The summed E-state index contributed by atoms with van der Waals surface area (Å²) in [7, 11) is 1.61. The van der Waals surface area contributed by atoms with E-state index in [4.69, 9.17) is 9.47 Å². The van der Waals surface area contributed by atoms with Crippen LogP contribution in [0.25, 0.3) is 0 Å². The number of rotatable bonds is 4. The first-order valence-electron chi connectivity index (χ1n) is 6.57. The molecule has 2 heterocycles. The van der Waals surface area contributed by atoms with Crippen molar-refractivity contribution in [2.24, 2.45) is 4.99 Å². The van der Waals surface area contributed by atoms with E-state index in [1.165, 1.54) is 0 Å². The van der Waals surface area contributed by atoms with E-state index in [1.807, 2.05) is 24.3 Å². The van der Waals surface area contributed by atoms with Gasteiger partial charge in [0.1, 0.15) is 18.1 Å². The summed E-state index contributed by atoms with van der Waals surface area (Å²) < 4.78 is 10.7. The Hall–Kier alpha value is -2.69. The van der Waals surface area contributed by atoms with Crippen LogP contribution in [0.3, 0.4) is 0 Å². The molecule has 106 valence electrons. The van der Waals surface area contributed by atoms with Gasteiger partial charge in [0.15, 0.2) is 5.78 Å². The first-order chi connectivity index (χ1) is 10.3. The van der Waals surface area contributed by atoms with Crippen LogP contribution >= 0.6 is 0 Å². The second-order valence-corrected chi connectivity index (χ2v) is 4.64. The van der Waals surface area contributed by atoms with Gasteiger partial charge in [-0.05, 0) is 30.3 Å². The van der Waals surface area contributed by atoms with Crippen molar-refractivity contribution in [3.63, 3.8) is 0 Å². The summed E-state index contributed by atoms with van der Waals surface area (Å²) in [4.78, 5) is 20.4. The van der Waals surface area contributed by atoms with Gasteiger partial charge < -0.3 is 9.47 Å². The fourth-order valence-electron chi connectivity index (χ4n) is 2.12. The normalized spacial score (nSPS) is 13.4. The second kappa shape index (κ2) is 5.75. The number of ketones is 1. The van der Waals surface area contributed by atoms with E-state index in [0.29, 0.717) is 22.7 Å². The molecule has 0 fully saturated rings. The Morgan fingerprint density at radius 1 is 1.14 bits per heavy atom. The Morgan fingerprint density at radius 3 is 2.67 bits per heavy atom. The molecule has 0 saturated heterocycles. The van der Waals surface area contributed by atoms with E-state index in [1.54, 1.807) is 25.6 Å². The Morgan fingerprint density at radius 2 is 1.90 bits per heavy atom. The van der Waals surface area contributed by atoms with Crippen molar-refractivity contribution < 1.29 is 14.3 Å². The van der Waals surface area contributed by atoms with Gasteiger partial charge in [-0.15, -0.1) is 0 Å². The van der Waals surface area contributed by atoms with Crippen LogP contribution in [0.5, 0.6) is 11.5 Å².